The van der Waals surface area contributed by atoms with E-state index in [1.165, 1.54) is 7.11 Å². The van der Waals surface area contributed by atoms with Gasteiger partial charge in [-0.1, -0.05) is 0 Å². The number of nitrogens with one attached hydrogen (secondary N) is 2. The molecule has 0 saturated heterocycles. The second-order valence-electron chi connectivity index (χ2n) is 5.52. The molecular weight excluding hydrogens is 350 g/mol. The van der Waals surface area contributed by atoms with Crippen LogP contribution in [0.25, 0.3) is 0 Å². The van der Waals surface area contributed by atoms with E-state index in [0.717, 1.165) is 5.69 Å². The molecule has 0 unspecified atom stereocenters. The molecule has 0 spiro atoms. The summed E-state index contributed by atoms with van der Waals surface area (Å²) in [5.74, 6) is 2.53. The molecule has 0 atom stereocenters. The Hall–Kier alpha value is -3.16. The van der Waals surface area contributed by atoms with Gasteiger partial charge in [-0.3, -0.25) is 4.99 Å². The smallest absolute Gasteiger partial charge is 0.341 e. The Morgan fingerprint density at radius 3 is 2.63 bits per heavy atom. The summed E-state index contributed by atoms with van der Waals surface area (Å²) < 4.78 is 21.2. The summed E-state index contributed by atoms with van der Waals surface area (Å²) in [6.07, 6.45) is 0. The third-order valence-electron chi connectivity index (χ3n) is 3.75. The molecule has 2 rings (SSSR count). The van der Waals surface area contributed by atoms with E-state index in [4.69, 9.17) is 18.6 Å². The third-order valence-corrected chi connectivity index (χ3v) is 3.75. The van der Waals surface area contributed by atoms with Crippen molar-refractivity contribution >= 4 is 17.6 Å². The minimum atomic E-state index is -0.424. The Morgan fingerprint density at radius 1 is 1.22 bits per heavy atom. The Bertz CT molecular complexity index is 814. The second kappa shape index (κ2) is 9.51. The molecule has 0 radical (unpaired) electrons. The van der Waals surface area contributed by atoms with E-state index in [1.807, 2.05) is 25.1 Å². The number of methoxy groups -OCH3 is 2. The van der Waals surface area contributed by atoms with Gasteiger partial charge in [-0.15, -0.1) is 0 Å². The van der Waals surface area contributed by atoms with Gasteiger partial charge >= 0.3 is 5.97 Å². The lowest BCUT2D eigenvalue weighted by Gasteiger charge is -2.14. The van der Waals surface area contributed by atoms with Gasteiger partial charge < -0.3 is 29.3 Å². The fraction of sp³-hybridized carbons (Fsp3) is 0.368. The average molecular weight is 375 g/mol. The normalized spacial score (nSPS) is 11.1. The quantitative estimate of drug-likeness (QED) is 0.436. The highest BCUT2D eigenvalue weighted by molar-refractivity contribution is 5.94. The molecular formula is C19H25N3O5. The molecule has 0 aliphatic heterocycles. The number of nitrogens with zero attached hydrogens (tertiary/aromatic N) is 1. The van der Waals surface area contributed by atoms with Gasteiger partial charge in [0.25, 0.3) is 0 Å². The first kappa shape index (κ1) is 20.2. The molecule has 8 heteroatoms. The van der Waals surface area contributed by atoms with Crippen LogP contribution >= 0.6 is 0 Å². The number of aliphatic imine (C=N–C) groups is 1. The molecule has 27 heavy (non-hydrogen) atoms. The number of rotatable bonds is 7. The maximum absolute atomic E-state index is 11.7. The Morgan fingerprint density at radius 2 is 2.00 bits per heavy atom. The van der Waals surface area contributed by atoms with Crippen molar-refractivity contribution in [1.82, 2.24) is 5.32 Å². The maximum Gasteiger partial charge on any atom is 0.341 e. The van der Waals surface area contributed by atoms with Gasteiger partial charge in [0.1, 0.15) is 17.1 Å². The van der Waals surface area contributed by atoms with E-state index in [2.05, 4.69) is 15.6 Å². The second-order valence-corrected chi connectivity index (χ2v) is 5.52. The van der Waals surface area contributed by atoms with Crippen molar-refractivity contribution in [2.24, 2.45) is 4.99 Å². The van der Waals surface area contributed by atoms with Gasteiger partial charge in [0.05, 0.1) is 27.4 Å². The van der Waals surface area contributed by atoms with Gasteiger partial charge in [-0.25, -0.2) is 4.79 Å². The molecule has 0 fully saturated rings. The number of hydrogen-bond acceptors (Lipinski definition) is 6. The Balaban J connectivity index is 2.04. The van der Waals surface area contributed by atoms with Crippen LogP contribution in [0, 0.1) is 6.92 Å². The van der Waals surface area contributed by atoms with Gasteiger partial charge in [0.2, 0.25) is 0 Å². The lowest BCUT2D eigenvalue weighted by Crippen LogP contribution is -2.30. The molecule has 0 amide bonds. The van der Waals surface area contributed by atoms with Gasteiger partial charge in [0.15, 0.2) is 17.5 Å². The van der Waals surface area contributed by atoms with Crippen molar-refractivity contribution in [2.75, 3.05) is 33.2 Å². The Kier molecular flexibility index (Phi) is 7.10. The van der Waals surface area contributed by atoms with Crippen LogP contribution in [-0.4, -0.2) is 39.8 Å². The molecule has 0 saturated carbocycles. The predicted molar refractivity (Wildman–Crippen MR) is 103 cm³/mol. The zero-order valence-electron chi connectivity index (χ0n) is 16.2. The molecule has 2 N–H and O–H groups in total. The monoisotopic (exact) mass is 375 g/mol. The van der Waals surface area contributed by atoms with Crippen molar-refractivity contribution in [1.29, 1.82) is 0 Å². The molecule has 1 aromatic carbocycles. The van der Waals surface area contributed by atoms with Crippen molar-refractivity contribution in [3.8, 4) is 11.5 Å². The van der Waals surface area contributed by atoms with E-state index in [9.17, 15) is 4.79 Å². The highest BCUT2D eigenvalue weighted by Crippen LogP contribution is 2.30. The topological polar surface area (TPSA) is 94.3 Å². The lowest BCUT2D eigenvalue weighted by molar-refractivity contribution is 0.0599. The van der Waals surface area contributed by atoms with Gasteiger partial charge in [-0.05, 0) is 32.0 Å². The fourth-order valence-corrected chi connectivity index (χ4v) is 2.45. The van der Waals surface area contributed by atoms with Crippen molar-refractivity contribution < 1.29 is 23.4 Å². The third kappa shape index (κ3) is 5.16. The Labute approximate surface area is 158 Å². The minimum Gasteiger partial charge on any atom is -0.493 e. The van der Waals surface area contributed by atoms with Crippen LogP contribution in [0.15, 0.2) is 33.7 Å². The molecule has 146 valence electrons. The van der Waals surface area contributed by atoms with Crippen LogP contribution in [0.5, 0.6) is 11.5 Å². The number of aryl methyl sites for hydroxylation is 1. The van der Waals surface area contributed by atoms with E-state index in [0.29, 0.717) is 47.7 Å². The average Bonchev–Trinajstić information content (AvgIpc) is 3.05. The van der Waals surface area contributed by atoms with Crippen molar-refractivity contribution in [2.45, 2.75) is 20.4 Å². The zero-order chi connectivity index (χ0) is 19.8. The van der Waals surface area contributed by atoms with Crippen LogP contribution in [0.3, 0.4) is 0 Å². The lowest BCUT2D eigenvalue weighted by atomic mass is 10.2. The van der Waals surface area contributed by atoms with Gasteiger partial charge in [-0.2, -0.15) is 0 Å². The summed E-state index contributed by atoms with van der Waals surface area (Å²) >= 11 is 0. The highest BCUT2D eigenvalue weighted by atomic mass is 16.5. The number of ether oxygens (including phenoxy) is 3. The number of hydrogen-bond donors (Lipinski definition) is 2. The first-order chi connectivity index (χ1) is 13.0. The number of anilines is 1. The predicted octanol–water partition coefficient (Wildman–Crippen LogP) is 2.97. The molecule has 0 aliphatic rings. The largest absolute Gasteiger partial charge is 0.493 e. The van der Waals surface area contributed by atoms with Crippen LogP contribution in [0.2, 0.25) is 0 Å². The summed E-state index contributed by atoms with van der Waals surface area (Å²) in [7, 11) is 4.60. The number of guanidine groups is 1. The molecule has 1 heterocycles. The number of carbonyl (C=O) groups is 1. The van der Waals surface area contributed by atoms with Crippen LogP contribution in [0.1, 0.15) is 28.8 Å². The van der Waals surface area contributed by atoms with Crippen LogP contribution < -0.4 is 20.1 Å². The molecule has 1 aromatic heterocycles. The van der Waals surface area contributed by atoms with E-state index < -0.39 is 5.97 Å². The summed E-state index contributed by atoms with van der Waals surface area (Å²) in [6, 6.07) is 7.17. The molecule has 8 nitrogen and oxygen atoms in total. The van der Waals surface area contributed by atoms with E-state index in [1.54, 1.807) is 27.1 Å². The van der Waals surface area contributed by atoms with E-state index >= 15 is 0 Å². The number of esters is 1. The zero-order valence-corrected chi connectivity index (χ0v) is 16.2. The van der Waals surface area contributed by atoms with Crippen molar-refractivity contribution in [3.63, 3.8) is 0 Å². The highest BCUT2D eigenvalue weighted by Gasteiger charge is 2.15. The van der Waals surface area contributed by atoms with Crippen LogP contribution in [-0.2, 0) is 11.3 Å². The molecule has 0 aliphatic carbocycles. The number of furan rings is 1. The van der Waals surface area contributed by atoms with Crippen LogP contribution in [0.4, 0.5) is 5.69 Å². The first-order valence-corrected chi connectivity index (χ1v) is 8.48. The fourth-order valence-electron chi connectivity index (χ4n) is 2.45. The first-order valence-electron chi connectivity index (χ1n) is 8.48. The van der Waals surface area contributed by atoms with Gasteiger partial charge in [0, 0.05) is 18.8 Å². The number of carbonyl (C=O) groups excluding carboxylic acids is 1. The minimum absolute atomic E-state index is 0.353. The number of benzene rings is 1. The molecule has 0 bridgehead atoms. The SMILES string of the molecule is CCOc1cc(NC(=NC)NCc2cc(C(=O)OC)c(C)o2)ccc1OC. The summed E-state index contributed by atoms with van der Waals surface area (Å²) in [5, 5.41) is 6.31. The van der Waals surface area contributed by atoms with E-state index in [-0.39, 0.29) is 0 Å². The summed E-state index contributed by atoms with van der Waals surface area (Å²) in [4.78, 5) is 15.8. The maximum atomic E-state index is 11.7. The summed E-state index contributed by atoms with van der Waals surface area (Å²) in [6.45, 7) is 4.52. The van der Waals surface area contributed by atoms with Crippen molar-refractivity contribution in [3.05, 3.63) is 41.3 Å². The molecule has 2 aromatic rings. The standard InChI is InChI=1S/C19H25N3O5/c1-6-26-17-9-13(7-8-16(17)24-4)22-19(20-3)21-11-14-10-15(12(2)27-14)18(23)25-5/h7-10H,6,11H2,1-5H3,(H2,20,21,22). The summed E-state index contributed by atoms with van der Waals surface area (Å²) in [5.41, 5.74) is 1.20.